The molecular weight excluding hydrogens is 254 g/mol. The molecule has 0 aliphatic heterocycles. The van der Waals surface area contributed by atoms with Gasteiger partial charge in [0.2, 0.25) is 10.0 Å². The standard InChI is InChI=1S/C12H13NO2S2/c1-9(11-6-4-8-16-11)10-5-2-3-7-12(10)17(13,14)15/h2-9H,1H3,(H2,13,14,15). The number of hydrogen-bond acceptors (Lipinski definition) is 3. The highest BCUT2D eigenvalue weighted by Gasteiger charge is 2.19. The first-order valence-corrected chi connectivity index (χ1v) is 7.58. The second-order valence-corrected chi connectivity index (χ2v) is 6.33. The number of thiophene rings is 1. The first kappa shape index (κ1) is 12.3. The van der Waals surface area contributed by atoms with Crippen molar-refractivity contribution in [3.8, 4) is 0 Å². The van der Waals surface area contributed by atoms with Crippen LogP contribution in [0.4, 0.5) is 0 Å². The molecule has 0 fully saturated rings. The zero-order chi connectivity index (χ0) is 12.5. The van der Waals surface area contributed by atoms with Gasteiger partial charge in [0.1, 0.15) is 0 Å². The Bertz CT molecular complexity index is 603. The SMILES string of the molecule is CC(c1cccs1)c1ccccc1S(N)(=O)=O. The minimum Gasteiger partial charge on any atom is -0.225 e. The summed E-state index contributed by atoms with van der Waals surface area (Å²) >= 11 is 1.61. The Morgan fingerprint density at radius 3 is 2.47 bits per heavy atom. The van der Waals surface area contributed by atoms with Gasteiger partial charge in [-0.2, -0.15) is 0 Å². The van der Waals surface area contributed by atoms with E-state index in [-0.39, 0.29) is 10.8 Å². The van der Waals surface area contributed by atoms with E-state index in [4.69, 9.17) is 5.14 Å². The van der Waals surface area contributed by atoms with E-state index >= 15 is 0 Å². The summed E-state index contributed by atoms with van der Waals surface area (Å²) in [6.45, 7) is 1.98. The van der Waals surface area contributed by atoms with Crippen molar-refractivity contribution in [2.24, 2.45) is 5.14 Å². The van der Waals surface area contributed by atoms with E-state index in [9.17, 15) is 8.42 Å². The van der Waals surface area contributed by atoms with E-state index in [0.29, 0.717) is 0 Å². The first-order chi connectivity index (χ1) is 8.00. The Hall–Kier alpha value is -1.17. The van der Waals surface area contributed by atoms with Crippen molar-refractivity contribution in [3.05, 3.63) is 52.2 Å². The molecule has 1 aromatic carbocycles. The van der Waals surface area contributed by atoms with Crippen LogP contribution in [0, 0.1) is 0 Å². The van der Waals surface area contributed by atoms with Crippen LogP contribution in [0.25, 0.3) is 0 Å². The Labute approximate surface area is 105 Å². The third-order valence-electron chi connectivity index (χ3n) is 2.66. The van der Waals surface area contributed by atoms with E-state index in [1.54, 1.807) is 23.5 Å². The van der Waals surface area contributed by atoms with Crippen LogP contribution in [0.15, 0.2) is 46.7 Å². The van der Waals surface area contributed by atoms with E-state index in [2.05, 4.69) is 0 Å². The smallest absolute Gasteiger partial charge is 0.225 e. The van der Waals surface area contributed by atoms with Gasteiger partial charge < -0.3 is 0 Å². The molecule has 0 amide bonds. The second kappa shape index (κ2) is 4.60. The number of hydrogen-bond donors (Lipinski definition) is 1. The van der Waals surface area contributed by atoms with Crippen molar-refractivity contribution >= 4 is 21.4 Å². The molecule has 17 heavy (non-hydrogen) atoms. The molecule has 0 aliphatic rings. The maximum atomic E-state index is 11.5. The van der Waals surface area contributed by atoms with Gasteiger partial charge in [-0.25, -0.2) is 13.6 Å². The lowest BCUT2D eigenvalue weighted by molar-refractivity contribution is 0.596. The average Bonchev–Trinajstić information content (AvgIpc) is 2.80. The van der Waals surface area contributed by atoms with Crippen LogP contribution < -0.4 is 5.14 Å². The highest BCUT2D eigenvalue weighted by atomic mass is 32.2. The summed E-state index contributed by atoms with van der Waals surface area (Å²) in [5.74, 6) is 0.0320. The van der Waals surface area contributed by atoms with Crippen molar-refractivity contribution < 1.29 is 8.42 Å². The second-order valence-electron chi connectivity index (χ2n) is 3.82. The summed E-state index contributed by atoms with van der Waals surface area (Å²) in [7, 11) is -3.66. The van der Waals surface area contributed by atoms with Gasteiger partial charge in [0.05, 0.1) is 4.90 Å². The van der Waals surface area contributed by atoms with E-state index in [0.717, 1.165) is 10.4 Å². The Kier molecular flexibility index (Phi) is 3.33. The van der Waals surface area contributed by atoms with Gasteiger partial charge >= 0.3 is 0 Å². The molecule has 3 nitrogen and oxygen atoms in total. The van der Waals surface area contributed by atoms with E-state index in [1.807, 2.05) is 36.6 Å². The fraction of sp³-hybridized carbons (Fsp3) is 0.167. The highest BCUT2D eigenvalue weighted by Crippen LogP contribution is 2.31. The van der Waals surface area contributed by atoms with Gasteiger partial charge in [-0.05, 0) is 23.1 Å². The summed E-state index contributed by atoms with van der Waals surface area (Å²) < 4.78 is 23.0. The fourth-order valence-electron chi connectivity index (χ4n) is 1.79. The molecule has 1 unspecified atom stereocenters. The number of rotatable bonds is 3. The van der Waals surface area contributed by atoms with Crippen molar-refractivity contribution in [1.82, 2.24) is 0 Å². The zero-order valence-electron chi connectivity index (χ0n) is 9.33. The largest absolute Gasteiger partial charge is 0.238 e. The predicted octanol–water partition coefficient (Wildman–Crippen LogP) is 2.55. The molecule has 0 saturated heterocycles. The molecule has 2 aromatic rings. The van der Waals surface area contributed by atoms with Gasteiger partial charge in [-0.15, -0.1) is 11.3 Å². The van der Waals surface area contributed by atoms with E-state index in [1.165, 1.54) is 0 Å². The van der Waals surface area contributed by atoms with Crippen LogP contribution in [-0.4, -0.2) is 8.42 Å². The van der Waals surface area contributed by atoms with Crippen molar-refractivity contribution in [2.45, 2.75) is 17.7 Å². The topological polar surface area (TPSA) is 60.2 Å². The maximum absolute atomic E-state index is 11.5. The monoisotopic (exact) mass is 267 g/mol. The maximum Gasteiger partial charge on any atom is 0.238 e. The lowest BCUT2D eigenvalue weighted by Crippen LogP contribution is -2.15. The van der Waals surface area contributed by atoms with Gasteiger partial charge in [-0.1, -0.05) is 31.2 Å². The minimum atomic E-state index is -3.66. The molecule has 1 heterocycles. The summed E-state index contributed by atoms with van der Waals surface area (Å²) in [5, 5.41) is 7.20. The minimum absolute atomic E-state index is 0.0320. The molecule has 1 aromatic heterocycles. The molecule has 0 spiro atoms. The van der Waals surface area contributed by atoms with Crippen LogP contribution in [0.3, 0.4) is 0 Å². The summed E-state index contributed by atoms with van der Waals surface area (Å²) in [5.41, 5.74) is 0.748. The Balaban J connectivity index is 2.53. The summed E-state index contributed by atoms with van der Waals surface area (Å²) in [6, 6.07) is 10.8. The molecule has 2 rings (SSSR count). The first-order valence-electron chi connectivity index (χ1n) is 5.15. The van der Waals surface area contributed by atoms with E-state index < -0.39 is 10.0 Å². The summed E-state index contributed by atoms with van der Waals surface area (Å²) in [6.07, 6.45) is 0. The molecule has 2 N–H and O–H groups in total. The van der Waals surface area contributed by atoms with Gasteiger partial charge in [0, 0.05) is 10.8 Å². The third-order valence-corrected chi connectivity index (χ3v) is 4.70. The number of nitrogens with two attached hydrogens (primary N) is 1. The van der Waals surface area contributed by atoms with Crippen LogP contribution in [-0.2, 0) is 10.0 Å². The molecule has 0 aliphatic carbocycles. The molecule has 0 radical (unpaired) electrons. The normalized spacial score (nSPS) is 13.5. The quantitative estimate of drug-likeness (QED) is 0.929. The lowest BCUT2D eigenvalue weighted by atomic mass is 10.00. The number of primary sulfonamides is 1. The molecule has 0 saturated carbocycles. The van der Waals surface area contributed by atoms with Crippen molar-refractivity contribution in [2.75, 3.05) is 0 Å². The average molecular weight is 267 g/mol. The third kappa shape index (κ3) is 2.57. The van der Waals surface area contributed by atoms with Crippen LogP contribution in [0.1, 0.15) is 23.3 Å². The molecule has 90 valence electrons. The number of sulfonamides is 1. The van der Waals surface area contributed by atoms with Crippen molar-refractivity contribution in [3.63, 3.8) is 0 Å². The summed E-state index contributed by atoms with van der Waals surface area (Å²) in [4.78, 5) is 1.34. The Morgan fingerprint density at radius 1 is 1.18 bits per heavy atom. The molecular formula is C12H13NO2S2. The van der Waals surface area contributed by atoms with Gasteiger partial charge in [0.15, 0.2) is 0 Å². The highest BCUT2D eigenvalue weighted by molar-refractivity contribution is 7.89. The van der Waals surface area contributed by atoms with Gasteiger partial charge in [0.25, 0.3) is 0 Å². The zero-order valence-corrected chi connectivity index (χ0v) is 11.0. The van der Waals surface area contributed by atoms with Crippen LogP contribution in [0.2, 0.25) is 0 Å². The van der Waals surface area contributed by atoms with Crippen LogP contribution >= 0.6 is 11.3 Å². The Morgan fingerprint density at radius 2 is 1.88 bits per heavy atom. The van der Waals surface area contributed by atoms with Gasteiger partial charge in [-0.3, -0.25) is 0 Å². The predicted molar refractivity (Wildman–Crippen MR) is 69.7 cm³/mol. The van der Waals surface area contributed by atoms with Crippen LogP contribution in [0.5, 0.6) is 0 Å². The lowest BCUT2D eigenvalue weighted by Gasteiger charge is -2.13. The molecule has 0 bridgehead atoms. The fourth-order valence-corrected chi connectivity index (χ4v) is 3.43. The molecule has 5 heteroatoms. The van der Waals surface area contributed by atoms with Crippen molar-refractivity contribution in [1.29, 1.82) is 0 Å². The number of benzene rings is 1. The molecule has 1 atom stereocenters.